The number of amides is 1. The van der Waals surface area contributed by atoms with Crippen LogP contribution in [0.25, 0.3) is 11.0 Å². The van der Waals surface area contributed by atoms with Crippen LogP contribution in [0.1, 0.15) is 23.7 Å². The van der Waals surface area contributed by atoms with Crippen molar-refractivity contribution in [3.63, 3.8) is 0 Å². The molecule has 0 bridgehead atoms. The molecule has 1 saturated heterocycles. The predicted molar refractivity (Wildman–Crippen MR) is 131 cm³/mol. The number of ether oxygens (including phenoxy) is 1. The number of carbonyl (C=O) groups excluding carboxylic acids is 1. The quantitative estimate of drug-likeness (QED) is 0.358. The van der Waals surface area contributed by atoms with Crippen molar-refractivity contribution in [1.29, 1.82) is 0 Å². The molecule has 1 atom stereocenters. The van der Waals surface area contributed by atoms with Crippen molar-refractivity contribution in [2.24, 2.45) is 0 Å². The Morgan fingerprint density at radius 1 is 0.939 bits per heavy atom. The summed E-state index contributed by atoms with van der Waals surface area (Å²) < 4.78 is 8.16. The van der Waals surface area contributed by atoms with Gasteiger partial charge in [0.05, 0.1) is 17.6 Å². The molecule has 5 rings (SSSR count). The molecule has 1 unspecified atom stereocenters. The van der Waals surface area contributed by atoms with Crippen molar-refractivity contribution < 1.29 is 9.53 Å². The van der Waals surface area contributed by atoms with Crippen molar-refractivity contribution in [1.82, 2.24) is 14.5 Å². The number of hydrogen-bond acceptors (Lipinski definition) is 3. The lowest BCUT2D eigenvalue weighted by Gasteiger charge is -2.17. The topological polar surface area (TPSA) is 47.4 Å². The molecule has 0 aliphatic carbocycles. The van der Waals surface area contributed by atoms with Gasteiger partial charge in [0.1, 0.15) is 18.2 Å². The van der Waals surface area contributed by atoms with Gasteiger partial charge in [-0.2, -0.15) is 0 Å². The molecule has 1 aromatic heterocycles. The Labute approximate surface area is 198 Å². The fraction of sp³-hybridized carbons (Fsp3) is 0.259. The summed E-state index contributed by atoms with van der Waals surface area (Å²) in [6.07, 6.45) is 1.36. The van der Waals surface area contributed by atoms with Crippen LogP contribution >= 0.6 is 11.6 Å². The zero-order valence-electron chi connectivity index (χ0n) is 18.4. The molecule has 1 aliphatic heterocycles. The molecule has 2 heterocycles. The van der Waals surface area contributed by atoms with Crippen molar-refractivity contribution in [3.8, 4) is 5.75 Å². The molecular formula is C27H26ClN3O2. The Kier molecular flexibility index (Phi) is 6.31. The number of halogens is 1. The first kappa shape index (κ1) is 21.5. The number of aromatic nitrogens is 2. The van der Waals surface area contributed by atoms with Crippen LogP contribution in [-0.4, -0.2) is 40.1 Å². The molecule has 3 aromatic carbocycles. The summed E-state index contributed by atoms with van der Waals surface area (Å²) >= 11 is 5.97. The van der Waals surface area contributed by atoms with Crippen molar-refractivity contribution in [2.75, 3.05) is 19.7 Å². The summed E-state index contributed by atoms with van der Waals surface area (Å²) in [5.74, 6) is 2.03. The number of likely N-dealkylation sites (tertiary alicyclic amines) is 1. The molecule has 168 valence electrons. The highest BCUT2D eigenvalue weighted by Gasteiger charge is 2.33. The van der Waals surface area contributed by atoms with Crippen LogP contribution in [-0.2, 0) is 17.8 Å². The highest BCUT2D eigenvalue weighted by atomic mass is 35.5. The van der Waals surface area contributed by atoms with E-state index in [4.69, 9.17) is 21.3 Å². The Hall–Kier alpha value is -3.31. The van der Waals surface area contributed by atoms with E-state index in [2.05, 4.69) is 22.8 Å². The number of fused-ring (bicyclic) bond motifs is 1. The van der Waals surface area contributed by atoms with Gasteiger partial charge < -0.3 is 14.2 Å². The minimum absolute atomic E-state index is 0.0798. The average Bonchev–Trinajstić information content (AvgIpc) is 3.40. The van der Waals surface area contributed by atoms with Gasteiger partial charge in [-0.3, -0.25) is 4.79 Å². The molecule has 6 heteroatoms. The van der Waals surface area contributed by atoms with Gasteiger partial charge in [-0.25, -0.2) is 4.98 Å². The average molecular weight is 460 g/mol. The smallest absolute Gasteiger partial charge is 0.223 e. The summed E-state index contributed by atoms with van der Waals surface area (Å²) in [4.78, 5) is 19.7. The Bertz CT molecular complexity index is 1240. The van der Waals surface area contributed by atoms with Crippen LogP contribution in [0.5, 0.6) is 5.75 Å². The van der Waals surface area contributed by atoms with Crippen LogP contribution in [0.3, 0.4) is 0 Å². The fourth-order valence-corrected chi connectivity index (χ4v) is 4.62. The third-order valence-corrected chi connectivity index (χ3v) is 6.43. The molecule has 0 radical (unpaired) electrons. The number of carbonyl (C=O) groups is 1. The molecule has 1 aliphatic rings. The second kappa shape index (κ2) is 9.67. The molecular weight excluding hydrogens is 434 g/mol. The van der Waals surface area contributed by atoms with Crippen LogP contribution in [0.15, 0.2) is 78.9 Å². The predicted octanol–water partition coefficient (Wildman–Crippen LogP) is 5.33. The molecule has 0 N–H and O–H groups in total. The first-order valence-electron chi connectivity index (χ1n) is 11.3. The molecule has 5 nitrogen and oxygen atoms in total. The number of nitrogens with zero attached hydrogens (tertiary/aromatic N) is 3. The number of hydrogen-bond donors (Lipinski definition) is 0. The van der Waals surface area contributed by atoms with E-state index in [0.29, 0.717) is 31.1 Å². The Morgan fingerprint density at radius 3 is 2.52 bits per heavy atom. The monoisotopic (exact) mass is 459 g/mol. The first-order valence-corrected chi connectivity index (χ1v) is 11.7. The molecule has 0 spiro atoms. The van der Waals surface area contributed by atoms with Gasteiger partial charge in [-0.05, 0) is 48.4 Å². The lowest BCUT2D eigenvalue weighted by molar-refractivity contribution is -0.127. The van der Waals surface area contributed by atoms with Gasteiger partial charge in [0.2, 0.25) is 5.91 Å². The lowest BCUT2D eigenvalue weighted by atomic mass is 10.1. The van der Waals surface area contributed by atoms with Crippen molar-refractivity contribution in [3.05, 3.63) is 95.3 Å². The molecule has 33 heavy (non-hydrogen) atoms. The van der Waals surface area contributed by atoms with E-state index in [1.54, 1.807) is 0 Å². The lowest BCUT2D eigenvalue weighted by Crippen LogP contribution is -2.27. The van der Waals surface area contributed by atoms with E-state index in [1.165, 1.54) is 5.56 Å². The van der Waals surface area contributed by atoms with Crippen LogP contribution in [0.2, 0.25) is 5.02 Å². The second-order valence-corrected chi connectivity index (χ2v) is 8.83. The number of rotatable bonds is 8. The van der Waals surface area contributed by atoms with Gasteiger partial charge >= 0.3 is 0 Å². The zero-order valence-corrected chi connectivity index (χ0v) is 19.1. The van der Waals surface area contributed by atoms with Gasteiger partial charge in [0, 0.05) is 30.5 Å². The van der Waals surface area contributed by atoms with Gasteiger partial charge in [-0.15, -0.1) is 0 Å². The van der Waals surface area contributed by atoms with Crippen LogP contribution in [0.4, 0.5) is 0 Å². The zero-order chi connectivity index (χ0) is 22.6. The summed E-state index contributed by atoms with van der Waals surface area (Å²) in [6, 6.07) is 25.8. The Morgan fingerprint density at radius 2 is 1.70 bits per heavy atom. The van der Waals surface area contributed by atoms with E-state index in [-0.39, 0.29) is 11.8 Å². The van der Waals surface area contributed by atoms with E-state index >= 15 is 0 Å². The summed E-state index contributed by atoms with van der Waals surface area (Å²) in [5.41, 5.74) is 3.27. The van der Waals surface area contributed by atoms with Crippen LogP contribution in [0, 0.1) is 0 Å². The molecule has 1 amide bonds. The number of imidazole rings is 1. The maximum atomic E-state index is 12.8. The van der Waals surface area contributed by atoms with E-state index in [1.807, 2.05) is 65.6 Å². The molecule has 0 saturated carbocycles. The maximum absolute atomic E-state index is 12.8. The van der Waals surface area contributed by atoms with Crippen molar-refractivity contribution in [2.45, 2.75) is 25.3 Å². The van der Waals surface area contributed by atoms with Crippen molar-refractivity contribution >= 4 is 28.5 Å². The van der Waals surface area contributed by atoms with E-state index < -0.39 is 0 Å². The van der Waals surface area contributed by atoms with Gasteiger partial charge in [0.25, 0.3) is 0 Å². The molecule has 1 fully saturated rings. The number of para-hydroxylation sites is 2. The highest BCUT2D eigenvalue weighted by Crippen LogP contribution is 2.30. The van der Waals surface area contributed by atoms with Gasteiger partial charge in [0.15, 0.2) is 0 Å². The summed E-state index contributed by atoms with van der Waals surface area (Å²) in [5, 5.41) is 0.688. The maximum Gasteiger partial charge on any atom is 0.223 e. The highest BCUT2D eigenvalue weighted by molar-refractivity contribution is 6.30. The second-order valence-electron chi connectivity index (χ2n) is 8.39. The molecule has 4 aromatic rings. The largest absolute Gasteiger partial charge is 0.492 e. The minimum Gasteiger partial charge on any atom is -0.492 e. The van der Waals surface area contributed by atoms with Crippen LogP contribution < -0.4 is 4.74 Å². The normalized spacial score (nSPS) is 16.0. The summed E-state index contributed by atoms with van der Waals surface area (Å²) in [7, 11) is 0. The minimum atomic E-state index is 0.0798. The van der Waals surface area contributed by atoms with E-state index in [9.17, 15) is 4.79 Å². The fourth-order valence-electron chi connectivity index (χ4n) is 4.50. The Balaban J connectivity index is 1.31. The summed E-state index contributed by atoms with van der Waals surface area (Å²) in [6.45, 7) is 2.60. The van der Waals surface area contributed by atoms with E-state index in [0.717, 1.165) is 35.6 Å². The number of benzene rings is 3. The third-order valence-electron chi connectivity index (χ3n) is 6.17. The van der Waals surface area contributed by atoms with Gasteiger partial charge in [-0.1, -0.05) is 54.1 Å². The first-order chi connectivity index (χ1) is 16.2. The standard InChI is InChI=1S/C27H26ClN3O2/c28-22-10-12-23(13-11-22)33-17-16-31-25-9-5-4-8-24(25)29-27(31)21-18-26(32)30(19-21)15-14-20-6-2-1-3-7-20/h1-13,21H,14-19H2. The third kappa shape index (κ3) is 4.88. The SMILES string of the molecule is O=C1CC(c2nc3ccccc3n2CCOc2ccc(Cl)cc2)CN1CCc1ccccc1.